The van der Waals surface area contributed by atoms with Crippen LogP contribution in [0.3, 0.4) is 0 Å². The summed E-state index contributed by atoms with van der Waals surface area (Å²) in [5, 5.41) is 9.20. The third-order valence-electron chi connectivity index (χ3n) is 3.83. The minimum Gasteiger partial charge on any atom is -0.334 e. The van der Waals surface area contributed by atoms with Crippen LogP contribution < -0.4 is 0 Å². The minimum absolute atomic E-state index is 0.00648. The zero-order chi connectivity index (χ0) is 13.4. The Morgan fingerprint density at radius 3 is 2.95 bits per heavy atom. The predicted octanol–water partition coefficient (Wildman–Crippen LogP) is 2.49. The predicted molar refractivity (Wildman–Crippen MR) is 71.5 cm³/mol. The maximum absolute atomic E-state index is 11.9. The van der Waals surface area contributed by atoms with E-state index in [2.05, 4.69) is 6.07 Å². The van der Waals surface area contributed by atoms with Crippen molar-refractivity contribution in [3.05, 3.63) is 41.7 Å². The average molecular weight is 253 g/mol. The molecule has 3 rings (SSSR count). The van der Waals surface area contributed by atoms with E-state index >= 15 is 0 Å². The Balaban J connectivity index is 2.10. The fourth-order valence-corrected chi connectivity index (χ4v) is 2.83. The number of likely N-dealkylation sites (tertiary alicyclic amines) is 1. The van der Waals surface area contributed by atoms with E-state index in [-0.39, 0.29) is 11.9 Å². The number of amides is 1. The van der Waals surface area contributed by atoms with Crippen molar-refractivity contribution in [3.63, 3.8) is 0 Å². The largest absolute Gasteiger partial charge is 0.334 e. The molecule has 1 amide bonds. The second-order valence-electron chi connectivity index (χ2n) is 4.92. The van der Waals surface area contributed by atoms with Crippen LogP contribution in [0.15, 0.2) is 30.5 Å². The first-order valence-electron chi connectivity index (χ1n) is 6.52. The van der Waals surface area contributed by atoms with Gasteiger partial charge in [0.25, 0.3) is 0 Å². The Bertz CT molecular complexity index is 680. The number of nitrogens with zero attached hydrogens (tertiary/aromatic N) is 3. The van der Waals surface area contributed by atoms with Gasteiger partial charge in [-0.25, -0.2) is 0 Å². The first-order chi connectivity index (χ1) is 9.22. The van der Waals surface area contributed by atoms with E-state index in [4.69, 9.17) is 0 Å². The minimum atomic E-state index is 0.00648. The van der Waals surface area contributed by atoms with Crippen molar-refractivity contribution in [2.24, 2.45) is 0 Å². The number of nitriles is 1. The molecule has 4 nitrogen and oxygen atoms in total. The smallest absolute Gasteiger partial charge is 0.223 e. The van der Waals surface area contributed by atoms with E-state index in [0.29, 0.717) is 12.0 Å². The fraction of sp³-hybridized carbons (Fsp3) is 0.333. The van der Waals surface area contributed by atoms with Gasteiger partial charge in [-0.1, -0.05) is 6.07 Å². The Labute approximate surface area is 111 Å². The number of rotatable bonds is 2. The van der Waals surface area contributed by atoms with E-state index in [1.807, 2.05) is 46.7 Å². The van der Waals surface area contributed by atoms with Crippen LogP contribution in [0.25, 0.3) is 5.52 Å². The molecule has 1 saturated heterocycles. The third kappa shape index (κ3) is 1.78. The van der Waals surface area contributed by atoms with Crippen LogP contribution in [0.5, 0.6) is 0 Å². The molecule has 1 aliphatic heterocycles. The van der Waals surface area contributed by atoms with E-state index in [9.17, 15) is 10.1 Å². The Morgan fingerprint density at radius 1 is 1.42 bits per heavy atom. The van der Waals surface area contributed by atoms with Crippen LogP contribution in [0, 0.1) is 11.3 Å². The molecule has 0 aliphatic carbocycles. The zero-order valence-electron chi connectivity index (χ0n) is 10.8. The average Bonchev–Trinajstić information content (AvgIpc) is 3.01. The lowest BCUT2D eigenvalue weighted by Gasteiger charge is -2.24. The number of aromatic nitrogens is 1. The molecule has 1 fully saturated rings. The summed E-state index contributed by atoms with van der Waals surface area (Å²) in [5.74, 6) is 0.205. The van der Waals surface area contributed by atoms with E-state index < -0.39 is 0 Å². The van der Waals surface area contributed by atoms with E-state index in [1.165, 1.54) is 0 Å². The number of fused-ring (bicyclic) bond motifs is 1. The number of hydrogen-bond donors (Lipinski definition) is 0. The summed E-state index contributed by atoms with van der Waals surface area (Å²) in [6.45, 7) is 2.83. The molecule has 3 heterocycles. The molecular weight excluding hydrogens is 238 g/mol. The van der Waals surface area contributed by atoms with Crippen LogP contribution in [0.2, 0.25) is 0 Å². The lowest BCUT2D eigenvalue weighted by Crippen LogP contribution is -2.28. The highest BCUT2D eigenvalue weighted by atomic mass is 16.2. The lowest BCUT2D eigenvalue weighted by molar-refractivity contribution is -0.129. The van der Waals surface area contributed by atoms with Gasteiger partial charge in [-0.3, -0.25) is 4.79 Å². The van der Waals surface area contributed by atoms with Crippen LogP contribution in [0.4, 0.5) is 0 Å². The van der Waals surface area contributed by atoms with Crippen molar-refractivity contribution in [1.29, 1.82) is 5.26 Å². The molecule has 0 spiro atoms. The molecule has 2 aromatic heterocycles. The van der Waals surface area contributed by atoms with E-state index in [1.54, 1.807) is 0 Å². The number of pyridine rings is 1. The van der Waals surface area contributed by atoms with Crippen molar-refractivity contribution in [2.45, 2.75) is 25.8 Å². The number of hydrogen-bond acceptors (Lipinski definition) is 2. The fourth-order valence-electron chi connectivity index (χ4n) is 2.83. The van der Waals surface area contributed by atoms with Gasteiger partial charge in [-0.2, -0.15) is 5.26 Å². The molecule has 96 valence electrons. The molecule has 0 aromatic carbocycles. The van der Waals surface area contributed by atoms with Crippen LogP contribution in [0.1, 0.15) is 37.1 Å². The standard InChI is InChI=1S/C15H15N3O/c1-11(17-8-4-6-15(17)19)14-9-12(10-16)13-5-2-3-7-18(13)14/h2-3,5,7,9,11H,4,6,8H2,1H3. The molecular formula is C15H15N3O. The maximum Gasteiger partial charge on any atom is 0.223 e. The van der Waals surface area contributed by atoms with Gasteiger partial charge in [0.15, 0.2) is 0 Å². The van der Waals surface area contributed by atoms with Gasteiger partial charge >= 0.3 is 0 Å². The highest BCUT2D eigenvalue weighted by Crippen LogP contribution is 2.28. The second kappa shape index (κ2) is 4.43. The quantitative estimate of drug-likeness (QED) is 0.825. The van der Waals surface area contributed by atoms with Crippen LogP contribution in [-0.4, -0.2) is 21.8 Å². The van der Waals surface area contributed by atoms with Crippen molar-refractivity contribution in [1.82, 2.24) is 9.30 Å². The monoisotopic (exact) mass is 253 g/mol. The highest BCUT2D eigenvalue weighted by Gasteiger charge is 2.28. The Morgan fingerprint density at radius 2 is 2.26 bits per heavy atom. The molecule has 1 atom stereocenters. The maximum atomic E-state index is 11.9. The lowest BCUT2D eigenvalue weighted by atomic mass is 10.2. The number of carbonyl (C=O) groups excluding carboxylic acids is 1. The first-order valence-corrected chi connectivity index (χ1v) is 6.52. The molecule has 1 aliphatic rings. The van der Waals surface area contributed by atoms with Crippen molar-refractivity contribution < 1.29 is 4.79 Å². The Kier molecular flexibility index (Phi) is 2.75. The molecule has 19 heavy (non-hydrogen) atoms. The summed E-state index contributed by atoms with van der Waals surface area (Å²) >= 11 is 0. The summed E-state index contributed by atoms with van der Waals surface area (Å²) in [6.07, 6.45) is 3.51. The van der Waals surface area contributed by atoms with Gasteiger partial charge < -0.3 is 9.30 Å². The SMILES string of the molecule is CC(c1cc(C#N)c2ccccn12)N1CCCC1=O. The molecule has 0 N–H and O–H groups in total. The van der Waals surface area contributed by atoms with Gasteiger partial charge in [-0.05, 0) is 31.5 Å². The second-order valence-corrected chi connectivity index (χ2v) is 4.92. The summed E-state index contributed by atoms with van der Waals surface area (Å²) < 4.78 is 2.01. The Hall–Kier alpha value is -2.28. The van der Waals surface area contributed by atoms with Gasteiger partial charge in [0.2, 0.25) is 5.91 Å². The molecule has 1 unspecified atom stereocenters. The van der Waals surface area contributed by atoms with Crippen molar-refractivity contribution in [3.8, 4) is 6.07 Å². The molecule has 2 aromatic rings. The highest BCUT2D eigenvalue weighted by molar-refractivity contribution is 5.78. The van der Waals surface area contributed by atoms with Crippen LogP contribution >= 0.6 is 0 Å². The van der Waals surface area contributed by atoms with Crippen molar-refractivity contribution in [2.75, 3.05) is 6.54 Å². The van der Waals surface area contributed by atoms with Gasteiger partial charge in [0.05, 0.1) is 17.1 Å². The van der Waals surface area contributed by atoms with Gasteiger partial charge in [0.1, 0.15) is 6.07 Å². The van der Waals surface area contributed by atoms with Crippen LogP contribution in [-0.2, 0) is 4.79 Å². The van der Waals surface area contributed by atoms with Gasteiger partial charge in [-0.15, -0.1) is 0 Å². The number of carbonyl (C=O) groups is 1. The first kappa shape index (κ1) is 11.8. The topological polar surface area (TPSA) is 48.5 Å². The molecule has 0 saturated carbocycles. The van der Waals surface area contributed by atoms with E-state index in [0.717, 1.165) is 24.2 Å². The third-order valence-corrected chi connectivity index (χ3v) is 3.83. The molecule has 0 bridgehead atoms. The summed E-state index contributed by atoms with van der Waals surface area (Å²) in [5.41, 5.74) is 2.56. The summed E-state index contributed by atoms with van der Waals surface area (Å²) in [4.78, 5) is 13.8. The molecule has 0 radical (unpaired) electrons. The summed E-state index contributed by atoms with van der Waals surface area (Å²) in [6, 6.07) is 9.92. The molecule has 4 heteroatoms. The van der Waals surface area contributed by atoms with Crippen molar-refractivity contribution >= 4 is 11.4 Å². The summed E-state index contributed by atoms with van der Waals surface area (Å²) in [7, 11) is 0. The zero-order valence-corrected chi connectivity index (χ0v) is 10.8. The normalized spacial score (nSPS) is 16.8. The van der Waals surface area contributed by atoms with Gasteiger partial charge in [0, 0.05) is 24.9 Å².